The number of rotatable bonds is 6. The first-order chi connectivity index (χ1) is 20.0. The number of ether oxygens (including phenoxy) is 1. The van der Waals surface area contributed by atoms with Crippen LogP contribution >= 0.6 is 23.8 Å². The number of nitrogens with zero attached hydrogens (tertiary/aromatic N) is 2. The Morgan fingerprint density at radius 1 is 0.707 bits per heavy atom. The monoisotopic (exact) mass is 574 g/mol. The van der Waals surface area contributed by atoms with Crippen molar-refractivity contribution in [2.75, 3.05) is 9.80 Å². The number of carbonyl (C=O) groups is 2. The first-order valence-corrected chi connectivity index (χ1v) is 13.7. The molecule has 1 aliphatic heterocycles. The highest BCUT2D eigenvalue weighted by Crippen LogP contribution is 2.32. The average Bonchev–Trinajstić information content (AvgIpc) is 3.00. The molecule has 0 spiro atoms. The first-order valence-electron chi connectivity index (χ1n) is 12.9. The minimum atomic E-state index is -0.509. The van der Waals surface area contributed by atoms with Gasteiger partial charge in [-0.25, -0.2) is 0 Å². The molecule has 5 aromatic carbocycles. The van der Waals surface area contributed by atoms with Gasteiger partial charge in [0, 0.05) is 0 Å². The quantitative estimate of drug-likeness (QED) is 0.118. The molecular weight excluding hydrogens is 552 g/mol. The summed E-state index contributed by atoms with van der Waals surface area (Å²) in [6, 6.07) is 37.5. The molecule has 6 rings (SSSR count). The Morgan fingerprint density at radius 3 is 1.93 bits per heavy atom. The Balaban J connectivity index is 1.32. The number of amides is 2. The summed E-state index contributed by atoms with van der Waals surface area (Å²) in [7, 11) is 0. The first kappa shape index (κ1) is 26.4. The second-order valence-electron chi connectivity index (χ2n) is 9.41. The molecule has 0 saturated carbocycles. The van der Waals surface area contributed by atoms with Crippen LogP contribution < -0.4 is 14.5 Å². The maximum Gasteiger partial charge on any atom is 0.270 e. The maximum atomic E-state index is 13.7. The molecule has 7 heteroatoms. The standard InChI is InChI=1S/C34H23ClN2O3S/c35-30-21-23(18-19-31(30)40-22-25-12-9-11-24-10-7-8-17-28(24)25)20-29-32(38)36(26-13-3-1-4-14-26)34(41)37(33(29)39)27-15-5-2-6-16-27/h1-21H,22H2. The second kappa shape index (κ2) is 11.4. The van der Waals surface area contributed by atoms with Crippen LogP contribution in [0.2, 0.25) is 5.02 Å². The van der Waals surface area contributed by atoms with Crippen molar-refractivity contribution < 1.29 is 14.3 Å². The molecule has 2 amide bonds. The summed E-state index contributed by atoms with van der Waals surface area (Å²) in [6.07, 6.45) is 1.54. The molecule has 0 bridgehead atoms. The average molecular weight is 575 g/mol. The van der Waals surface area contributed by atoms with E-state index in [4.69, 9.17) is 28.6 Å². The Morgan fingerprint density at radius 2 is 1.29 bits per heavy atom. The number of benzene rings is 5. The lowest BCUT2D eigenvalue weighted by atomic mass is 10.0. The normalized spacial score (nSPS) is 13.6. The molecule has 0 aromatic heterocycles. The van der Waals surface area contributed by atoms with Gasteiger partial charge in [0.15, 0.2) is 5.11 Å². The zero-order valence-corrected chi connectivity index (χ0v) is 23.3. The van der Waals surface area contributed by atoms with E-state index in [1.807, 2.05) is 60.7 Å². The number of para-hydroxylation sites is 2. The number of carbonyl (C=O) groups excluding carboxylic acids is 2. The summed E-state index contributed by atoms with van der Waals surface area (Å²) in [5, 5.41) is 2.71. The van der Waals surface area contributed by atoms with Crippen LogP contribution in [0, 0.1) is 0 Å². The summed E-state index contributed by atoms with van der Waals surface area (Å²) >= 11 is 12.3. The van der Waals surface area contributed by atoms with Crippen molar-refractivity contribution in [3.05, 3.63) is 143 Å². The third-order valence-electron chi connectivity index (χ3n) is 6.81. The van der Waals surface area contributed by atoms with Crippen molar-refractivity contribution in [2.24, 2.45) is 0 Å². The van der Waals surface area contributed by atoms with Crippen LogP contribution in [-0.2, 0) is 16.2 Å². The van der Waals surface area contributed by atoms with Crippen LogP contribution in [0.15, 0.2) is 127 Å². The smallest absolute Gasteiger partial charge is 0.270 e. The van der Waals surface area contributed by atoms with Gasteiger partial charge in [-0.3, -0.25) is 19.4 Å². The highest BCUT2D eigenvalue weighted by Gasteiger charge is 2.41. The van der Waals surface area contributed by atoms with E-state index >= 15 is 0 Å². The van der Waals surface area contributed by atoms with E-state index in [2.05, 4.69) is 18.2 Å². The molecule has 41 heavy (non-hydrogen) atoms. The summed E-state index contributed by atoms with van der Waals surface area (Å²) in [4.78, 5) is 30.2. The minimum Gasteiger partial charge on any atom is -0.487 e. The van der Waals surface area contributed by atoms with Crippen molar-refractivity contribution in [1.82, 2.24) is 0 Å². The van der Waals surface area contributed by atoms with E-state index < -0.39 is 11.8 Å². The number of hydrogen-bond acceptors (Lipinski definition) is 4. The van der Waals surface area contributed by atoms with E-state index in [0.29, 0.717) is 34.3 Å². The summed E-state index contributed by atoms with van der Waals surface area (Å²) in [6.45, 7) is 0.341. The Bertz CT molecular complexity index is 1750. The lowest BCUT2D eigenvalue weighted by Gasteiger charge is -2.36. The Kier molecular flexibility index (Phi) is 7.33. The summed E-state index contributed by atoms with van der Waals surface area (Å²) < 4.78 is 6.06. The predicted octanol–water partition coefficient (Wildman–Crippen LogP) is 7.82. The van der Waals surface area contributed by atoms with Crippen LogP contribution in [0.25, 0.3) is 16.8 Å². The molecule has 0 atom stereocenters. The Labute approximate surface area is 247 Å². The van der Waals surface area contributed by atoms with E-state index in [0.717, 1.165) is 16.3 Å². The molecule has 1 saturated heterocycles. The summed E-state index contributed by atoms with van der Waals surface area (Å²) in [5.41, 5.74) is 2.72. The number of hydrogen-bond donors (Lipinski definition) is 0. The van der Waals surface area contributed by atoms with E-state index in [1.165, 1.54) is 9.80 Å². The van der Waals surface area contributed by atoms with Gasteiger partial charge >= 0.3 is 0 Å². The van der Waals surface area contributed by atoms with Crippen LogP contribution in [0.1, 0.15) is 11.1 Å². The van der Waals surface area contributed by atoms with Crippen LogP contribution in [0.3, 0.4) is 0 Å². The molecule has 0 radical (unpaired) electrons. The lowest BCUT2D eigenvalue weighted by Crippen LogP contribution is -2.56. The fourth-order valence-corrected chi connectivity index (χ4v) is 5.42. The largest absolute Gasteiger partial charge is 0.487 e. The maximum absolute atomic E-state index is 13.7. The molecule has 0 N–H and O–H groups in total. The van der Waals surface area contributed by atoms with Gasteiger partial charge in [-0.2, -0.15) is 0 Å². The minimum absolute atomic E-state index is 0.0354. The van der Waals surface area contributed by atoms with Crippen molar-refractivity contribution >= 4 is 69.0 Å². The van der Waals surface area contributed by atoms with Gasteiger partial charge in [0.2, 0.25) is 0 Å². The van der Waals surface area contributed by atoms with Crippen LogP contribution in [0.4, 0.5) is 11.4 Å². The van der Waals surface area contributed by atoms with Gasteiger partial charge in [0.25, 0.3) is 11.8 Å². The number of halogens is 1. The van der Waals surface area contributed by atoms with E-state index in [1.54, 1.807) is 48.5 Å². The topological polar surface area (TPSA) is 49.9 Å². The highest BCUT2D eigenvalue weighted by atomic mass is 35.5. The number of anilines is 2. The SMILES string of the molecule is O=C1C(=Cc2ccc(OCc3cccc4ccccc34)c(Cl)c2)C(=O)N(c2ccccc2)C(=S)N1c1ccccc1. The molecule has 0 unspecified atom stereocenters. The fourth-order valence-electron chi connectivity index (χ4n) is 4.80. The molecular formula is C34H23ClN2O3S. The van der Waals surface area contributed by atoms with Crippen molar-refractivity contribution in [3.8, 4) is 5.75 Å². The van der Waals surface area contributed by atoms with Gasteiger partial charge < -0.3 is 4.74 Å². The van der Waals surface area contributed by atoms with Crippen molar-refractivity contribution in [2.45, 2.75) is 6.61 Å². The molecule has 200 valence electrons. The number of thiocarbonyl (C=S) groups is 1. The molecule has 1 aliphatic rings. The molecule has 5 nitrogen and oxygen atoms in total. The van der Waals surface area contributed by atoms with Gasteiger partial charge in [0.1, 0.15) is 17.9 Å². The van der Waals surface area contributed by atoms with Gasteiger partial charge in [-0.15, -0.1) is 0 Å². The lowest BCUT2D eigenvalue weighted by molar-refractivity contribution is -0.120. The number of fused-ring (bicyclic) bond motifs is 1. The van der Waals surface area contributed by atoms with Gasteiger partial charge in [-0.05, 0) is 76.6 Å². The van der Waals surface area contributed by atoms with Gasteiger partial charge in [0.05, 0.1) is 16.4 Å². The second-order valence-corrected chi connectivity index (χ2v) is 10.2. The van der Waals surface area contributed by atoms with Crippen molar-refractivity contribution in [1.29, 1.82) is 0 Å². The third-order valence-corrected chi connectivity index (χ3v) is 7.47. The van der Waals surface area contributed by atoms with E-state index in [9.17, 15) is 9.59 Å². The highest BCUT2D eigenvalue weighted by molar-refractivity contribution is 7.81. The summed E-state index contributed by atoms with van der Waals surface area (Å²) in [5.74, 6) is -0.516. The van der Waals surface area contributed by atoms with E-state index in [-0.39, 0.29) is 10.7 Å². The molecule has 0 aliphatic carbocycles. The molecule has 1 fully saturated rings. The third kappa shape index (κ3) is 5.23. The molecule has 1 heterocycles. The fraction of sp³-hybridized carbons (Fsp3) is 0.0294. The molecule has 5 aromatic rings. The zero-order valence-electron chi connectivity index (χ0n) is 21.7. The van der Waals surface area contributed by atoms with Crippen LogP contribution in [0.5, 0.6) is 5.75 Å². The zero-order chi connectivity index (χ0) is 28.3. The van der Waals surface area contributed by atoms with Crippen LogP contribution in [-0.4, -0.2) is 16.9 Å². The van der Waals surface area contributed by atoms with Gasteiger partial charge in [-0.1, -0.05) is 96.5 Å². The Hall–Kier alpha value is -4.78. The van der Waals surface area contributed by atoms with Crippen molar-refractivity contribution in [3.63, 3.8) is 0 Å². The predicted molar refractivity (Wildman–Crippen MR) is 168 cm³/mol.